The highest BCUT2D eigenvalue weighted by atomic mass is 31.2. The van der Waals surface area contributed by atoms with Crippen LogP contribution in [0.25, 0.3) is 0 Å². The number of esters is 3. The molecule has 0 radical (unpaired) electrons. The molecule has 0 bridgehead atoms. The van der Waals surface area contributed by atoms with Crippen LogP contribution in [-0.4, -0.2) is 60.6 Å². The molecule has 1 saturated heterocycles. The molecule has 0 aromatic heterocycles. The normalized spacial score (nSPS) is 23.4. The zero-order chi connectivity index (χ0) is 27.2. The molecule has 198 valence electrons. The summed E-state index contributed by atoms with van der Waals surface area (Å²) in [6, 6.07) is 16.0. The fourth-order valence-corrected chi connectivity index (χ4v) is 7.50. The molecule has 10 nitrogen and oxygen atoms in total. The molecule has 1 heterocycles. The van der Waals surface area contributed by atoms with Crippen LogP contribution in [0.15, 0.2) is 60.7 Å². The largest absolute Gasteiger partial charge is 0.463 e. The van der Waals surface area contributed by atoms with Crippen molar-refractivity contribution in [1.29, 1.82) is 0 Å². The summed E-state index contributed by atoms with van der Waals surface area (Å²) in [4.78, 5) is 48.1. The quantitative estimate of drug-likeness (QED) is 0.307. The van der Waals surface area contributed by atoms with Gasteiger partial charge in [-0.25, -0.2) is 0 Å². The molecule has 1 fully saturated rings. The molecule has 2 aromatic carbocycles. The van der Waals surface area contributed by atoms with Crippen molar-refractivity contribution in [2.24, 2.45) is 0 Å². The number of benzene rings is 2. The molecule has 1 amide bonds. The van der Waals surface area contributed by atoms with E-state index in [1.54, 1.807) is 60.7 Å². The molecule has 2 aromatic rings. The average molecular weight is 531 g/mol. The van der Waals surface area contributed by atoms with Gasteiger partial charge in [-0.3, -0.25) is 19.2 Å². The lowest BCUT2D eigenvalue weighted by atomic mass is 9.97. The third-order valence-electron chi connectivity index (χ3n) is 5.73. The zero-order valence-electron chi connectivity index (χ0n) is 21.0. The first-order valence-corrected chi connectivity index (χ1v) is 13.4. The number of rotatable bonds is 8. The lowest BCUT2D eigenvalue weighted by molar-refractivity contribution is -0.212. The van der Waals surface area contributed by atoms with E-state index < -0.39 is 61.2 Å². The van der Waals surface area contributed by atoms with E-state index in [9.17, 15) is 19.2 Å². The van der Waals surface area contributed by atoms with Gasteiger partial charge in [-0.1, -0.05) is 60.7 Å². The van der Waals surface area contributed by atoms with Crippen LogP contribution < -0.4 is 15.9 Å². The first kappa shape index (κ1) is 28.1. The molecule has 0 aliphatic carbocycles. The van der Waals surface area contributed by atoms with Crippen LogP contribution in [0.4, 0.5) is 0 Å². The number of hydrogen-bond acceptors (Lipinski definition) is 9. The SMILES string of the molecule is CC(=O)N[C@@H]1[C@@H](OC(C)=O)[C@H](OC(C)=O)[C@@H](COC(C)=O)O[C@H]1P(=O)(c1ccccc1)c1ccccc1. The number of carbonyl (C=O) groups excluding carboxylic acids is 4. The van der Waals surface area contributed by atoms with E-state index in [0.717, 1.165) is 13.8 Å². The second kappa shape index (κ2) is 12.2. The fraction of sp³-hybridized carbons (Fsp3) is 0.385. The second-order valence-electron chi connectivity index (χ2n) is 8.57. The van der Waals surface area contributed by atoms with Crippen molar-refractivity contribution in [2.45, 2.75) is 57.9 Å². The molecule has 11 heteroatoms. The Balaban J connectivity index is 2.25. The molecule has 0 spiro atoms. The molecule has 5 atom stereocenters. The summed E-state index contributed by atoms with van der Waals surface area (Å²) in [7, 11) is -3.75. The third kappa shape index (κ3) is 6.64. The van der Waals surface area contributed by atoms with E-state index in [2.05, 4.69) is 5.32 Å². The molecule has 1 aliphatic rings. The first-order chi connectivity index (χ1) is 17.5. The van der Waals surface area contributed by atoms with Crippen LogP contribution in [0.2, 0.25) is 0 Å². The van der Waals surface area contributed by atoms with Gasteiger partial charge in [0.1, 0.15) is 24.6 Å². The Morgan fingerprint density at radius 2 is 1.27 bits per heavy atom. The zero-order valence-corrected chi connectivity index (χ0v) is 21.9. The maximum Gasteiger partial charge on any atom is 0.303 e. The summed E-state index contributed by atoms with van der Waals surface area (Å²) in [5.74, 6) is -3.85. The fourth-order valence-electron chi connectivity index (χ4n) is 4.36. The van der Waals surface area contributed by atoms with E-state index >= 15 is 4.57 Å². The maximum absolute atomic E-state index is 15.2. The summed E-state index contributed by atoms with van der Waals surface area (Å²) in [5, 5.41) is 3.57. The van der Waals surface area contributed by atoms with Crippen LogP contribution in [0.3, 0.4) is 0 Å². The van der Waals surface area contributed by atoms with Gasteiger partial charge in [0.2, 0.25) is 5.91 Å². The number of ether oxygens (including phenoxy) is 4. The first-order valence-electron chi connectivity index (χ1n) is 11.6. The summed E-state index contributed by atoms with van der Waals surface area (Å²) < 4.78 is 37.7. The van der Waals surface area contributed by atoms with Crippen molar-refractivity contribution in [3.05, 3.63) is 60.7 Å². The van der Waals surface area contributed by atoms with Gasteiger partial charge in [0.15, 0.2) is 19.3 Å². The smallest absolute Gasteiger partial charge is 0.303 e. The summed E-state index contributed by atoms with van der Waals surface area (Å²) in [6.07, 6.45) is -3.73. The van der Waals surface area contributed by atoms with Crippen molar-refractivity contribution < 1.29 is 42.7 Å². The summed E-state index contributed by atoms with van der Waals surface area (Å²) in [5.41, 5.74) is 0. The minimum absolute atomic E-state index is 0.377. The van der Waals surface area contributed by atoms with E-state index in [4.69, 9.17) is 18.9 Å². The van der Waals surface area contributed by atoms with Gasteiger partial charge in [-0.05, 0) is 0 Å². The number of amides is 1. The van der Waals surface area contributed by atoms with Crippen LogP contribution >= 0.6 is 7.14 Å². The predicted octanol–water partition coefficient (Wildman–Crippen LogP) is 1.66. The van der Waals surface area contributed by atoms with Crippen LogP contribution in [0, 0.1) is 0 Å². The van der Waals surface area contributed by atoms with Crippen LogP contribution in [0.1, 0.15) is 27.7 Å². The van der Waals surface area contributed by atoms with Gasteiger partial charge in [0.05, 0.1) is 0 Å². The minimum atomic E-state index is -3.75. The molecule has 1 N–H and O–H groups in total. The highest BCUT2D eigenvalue weighted by Crippen LogP contribution is 2.53. The van der Waals surface area contributed by atoms with Gasteiger partial charge in [-0.15, -0.1) is 0 Å². The molecule has 3 rings (SSSR count). The van der Waals surface area contributed by atoms with Crippen molar-refractivity contribution in [1.82, 2.24) is 5.32 Å². The monoisotopic (exact) mass is 531 g/mol. The Hall–Kier alpha value is -3.49. The number of carbonyl (C=O) groups is 4. The van der Waals surface area contributed by atoms with Gasteiger partial charge < -0.3 is 28.8 Å². The predicted molar refractivity (Wildman–Crippen MR) is 134 cm³/mol. The van der Waals surface area contributed by atoms with Gasteiger partial charge in [0.25, 0.3) is 0 Å². The van der Waals surface area contributed by atoms with Gasteiger partial charge in [0, 0.05) is 38.3 Å². The maximum atomic E-state index is 15.2. The average Bonchev–Trinajstić information content (AvgIpc) is 2.85. The Bertz CT molecular complexity index is 1130. The van der Waals surface area contributed by atoms with Crippen molar-refractivity contribution in [3.63, 3.8) is 0 Å². The van der Waals surface area contributed by atoms with E-state index in [1.807, 2.05) is 0 Å². The minimum Gasteiger partial charge on any atom is -0.463 e. The lowest BCUT2D eigenvalue weighted by Gasteiger charge is -2.47. The Morgan fingerprint density at radius 3 is 1.70 bits per heavy atom. The van der Waals surface area contributed by atoms with Gasteiger partial charge >= 0.3 is 17.9 Å². The molecule has 0 unspecified atom stereocenters. The van der Waals surface area contributed by atoms with Crippen LogP contribution in [-0.2, 0) is 42.7 Å². The van der Waals surface area contributed by atoms with E-state index in [1.165, 1.54) is 13.8 Å². The molecular weight excluding hydrogens is 501 g/mol. The van der Waals surface area contributed by atoms with Crippen molar-refractivity contribution in [3.8, 4) is 0 Å². The molecule has 0 saturated carbocycles. The highest BCUT2D eigenvalue weighted by Gasteiger charge is 2.56. The standard InChI is InChI=1S/C26H30NO9P/c1-16(28)27-23-25(35-19(4)31)24(34-18(3)30)22(15-33-17(2)29)36-26(23)37(32,20-11-7-5-8-12-20)21-13-9-6-10-14-21/h5-14,22-26H,15H2,1-4H3,(H,27,28)/t22-,23-,24-,25-,26+/m1/s1. The lowest BCUT2D eigenvalue weighted by Crippen LogP contribution is -2.66. The van der Waals surface area contributed by atoms with Crippen LogP contribution in [0.5, 0.6) is 0 Å². The topological polar surface area (TPSA) is 134 Å². The molecule has 37 heavy (non-hydrogen) atoms. The Kier molecular flexibility index (Phi) is 9.23. The van der Waals surface area contributed by atoms with Crippen molar-refractivity contribution in [2.75, 3.05) is 6.61 Å². The Labute approximate surface area is 215 Å². The number of nitrogens with one attached hydrogen (secondary N) is 1. The molecule has 1 aliphatic heterocycles. The molecular formula is C26H30NO9P. The summed E-state index contributed by atoms with van der Waals surface area (Å²) in [6.45, 7) is 4.40. The summed E-state index contributed by atoms with van der Waals surface area (Å²) >= 11 is 0. The van der Waals surface area contributed by atoms with Crippen molar-refractivity contribution >= 4 is 41.6 Å². The Morgan fingerprint density at radius 1 is 0.784 bits per heavy atom. The third-order valence-corrected chi connectivity index (χ3v) is 9.02. The van der Waals surface area contributed by atoms with E-state index in [0.29, 0.717) is 10.6 Å². The van der Waals surface area contributed by atoms with E-state index in [-0.39, 0.29) is 6.61 Å². The highest BCUT2D eigenvalue weighted by molar-refractivity contribution is 7.79. The van der Waals surface area contributed by atoms with Gasteiger partial charge in [-0.2, -0.15) is 0 Å². The second-order valence-corrected chi connectivity index (χ2v) is 11.4. The number of hydrogen-bond donors (Lipinski definition) is 1.